The highest BCUT2D eigenvalue weighted by Crippen LogP contribution is 2.56. The molecule has 4 atom stereocenters. The van der Waals surface area contributed by atoms with E-state index in [9.17, 15) is 14.4 Å². The SMILES string of the molecule is O=C(COc1ccc(N2C(=O)[C@@H]3[C@@H]4CC[C@@H](C4)[C@@H]3C2=O)cc1)c1ccc(Cl)cc1. The number of imide groups is 1. The number of anilines is 1. The molecule has 1 aliphatic heterocycles. The Bertz CT molecular complexity index is 957. The van der Waals surface area contributed by atoms with Crippen molar-refractivity contribution >= 4 is 34.9 Å². The summed E-state index contributed by atoms with van der Waals surface area (Å²) in [6.45, 7) is -0.101. The summed E-state index contributed by atoms with van der Waals surface area (Å²) in [6.07, 6.45) is 3.15. The number of carbonyl (C=O) groups is 3. The van der Waals surface area contributed by atoms with Crippen molar-refractivity contribution in [2.24, 2.45) is 23.7 Å². The molecule has 2 aromatic rings. The van der Waals surface area contributed by atoms with Crippen LogP contribution in [0.2, 0.25) is 5.02 Å². The Kier molecular flexibility index (Phi) is 4.43. The van der Waals surface area contributed by atoms with Crippen LogP contribution in [0.15, 0.2) is 48.5 Å². The molecular formula is C23H20ClNO4. The van der Waals surface area contributed by atoms with Crippen molar-refractivity contribution in [3.8, 4) is 5.75 Å². The molecule has 2 amide bonds. The number of ketones is 1. The van der Waals surface area contributed by atoms with Crippen LogP contribution in [-0.4, -0.2) is 24.2 Å². The van der Waals surface area contributed by atoms with Crippen LogP contribution in [0.5, 0.6) is 5.75 Å². The first-order chi connectivity index (χ1) is 14.0. The van der Waals surface area contributed by atoms with E-state index in [1.54, 1.807) is 48.5 Å². The molecule has 0 unspecified atom stereocenters. The van der Waals surface area contributed by atoms with Gasteiger partial charge in [0.05, 0.1) is 17.5 Å². The van der Waals surface area contributed by atoms with Crippen LogP contribution in [0.3, 0.4) is 0 Å². The van der Waals surface area contributed by atoms with E-state index < -0.39 is 0 Å². The fraction of sp³-hybridized carbons (Fsp3) is 0.348. The van der Waals surface area contributed by atoms with Crippen molar-refractivity contribution in [1.82, 2.24) is 0 Å². The minimum Gasteiger partial charge on any atom is -0.485 e. The van der Waals surface area contributed by atoms with Gasteiger partial charge in [0.15, 0.2) is 12.4 Å². The van der Waals surface area contributed by atoms with Crippen molar-refractivity contribution in [2.45, 2.75) is 19.3 Å². The largest absolute Gasteiger partial charge is 0.485 e. The average molecular weight is 410 g/mol. The quantitative estimate of drug-likeness (QED) is 0.550. The Morgan fingerprint density at radius 3 is 2.10 bits per heavy atom. The molecule has 3 fully saturated rings. The van der Waals surface area contributed by atoms with Gasteiger partial charge in [0, 0.05) is 10.6 Å². The predicted molar refractivity (Wildman–Crippen MR) is 108 cm³/mol. The lowest BCUT2D eigenvalue weighted by Gasteiger charge is -2.19. The van der Waals surface area contributed by atoms with Gasteiger partial charge in [-0.25, -0.2) is 0 Å². The molecule has 2 aliphatic carbocycles. The number of fused-ring (bicyclic) bond motifs is 5. The third-order valence-corrected chi connectivity index (χ3v) is 6.81. The monoisotopic (exact) mass is 409 g/mol. The van der Waals surface area contributed by atoms with Gasteiger partial charge in [-0.3, -0.25) is 19.3 Å². The second-order valence-corrected chi connectivity index (χ2v) is 8.55. The van der Waals surface area contributed by atoms with Gasteiger partial charge in [0.2, 0.25) is 11.8 Å². The smallest absolute Gasteiger partial charge is 0.237 e. The number of nitrogens with zero attached hydrogens (tertiary/aromatic N) is 1. The van der Waals surface area contributed by atoms with E-state index in [0.29, 0.717) is 33.9 Å². The second-order valence-electron chi connectivity index (χ2n) is 8.11. The van der Waals surface area contributed by atoms with Gasteiger partial charge in [0.25, 0.3) is 0 Å². The van der Waals surface area contributed by atoms with Crippen molar-refractivity contribution in [3.63, 3.8) is 0 Å². The fourth-order valence-corrected chi connectivity index (χ4v) is 5.35. The highest BCUT2D eigenvalue weighted by atomic mass is 35.5. The number of Topliss-reactive ketones (excluding diaryl/α,β-unsaturated/α-hetero) is 1. The van der Waals surface area contributed by atoms with Gasteiger partial charge in [0.1, 0.15) is 5.75 Å². The highest BCUT2D eigenvalue weighted by Gasteiger charge is 2.61. The molecule has 5 rings (SSSR count). The van der Waals surface area contributed by atoms with Crippen LogP contribution in [-0.2, 0) is 9.59 Å². The van der Waals surface area contributed by atoms with E-state index in [0.717, 1.165) is 19.3 Å². The summed E-state index contributed by atoms with van der Waals surface area (Å²) in [7, 11) is 0. The fourth-order valence-electron chi connectivity index (χ4n) is 5.22. The molecular weight excluding hydrogens is 390 g/mol. The zero-order chi connectivity index (χ0) is 20.1. The van der Waals surface area contributed by atoms with Crippen molar-refractivity contribution in [3.05, 3.63) is 59.1 Å². The topological polar surface area (TPSA) is 63.7 Å². The number of halogens is 1. The maximum atomic E-state index is 12.9. The van der Waals surface area contributed by atoms with Gasteiger partial charge in [-0.05, 0) is 79.6 Å². The number of amides is 2. The zero-order valence-electron chi connectivity index (χ0n) is 15.7. The number of benzene rings is 2. The van der Waals surface area contributed by atoms with Crippen LogP contribution in [0.25, 0.3) is 0 Å². The molecule has 29 heavy (non-hydrogen) atoms. The van der Waals surface area contributed by atoms with E-state index in [1.165, 1.54) is 4.90 Å². The Labute approximate surface area is 173 Å². The van der Waals surface area contributed by atoms with Crippen LogP contribution in [0.4, 0.5) is 5.69 Å². The van der Waals surface area contributed by atoms with E-state index in [4.69, 9.17) is 16.3 Å². The van der Waals surface area contributed by atoms with Gasteiger partial charge < -0.3 is 4.74 Å². The third kappa shape index (κ3) is 3.04. The third-order valence-electron chi connectivity index (χ3n) is 6.56. The maximum absolute atomic E-state index is 12.9. The maximum Gasteiger partial charge on any atom is 0.237 e. The minimum absolute atomic E-state index is 0.0567. The second kappa shape index (κ2) is 6.99. The molecule has 2 bridgehead atoms. The van der Waals surface area contributed by atoms with Gasteiger partial charge in [-0.15, -0.1) is 0 Å². The van der Waals surface area contributed by atoms with Gasteiger partial charge >= 0.3 is 0 Å². The molecule has 6 heteroatoms. The first-order valence-corrected chi connectivity index (χ1v) is 10.3. The first-order valence-electron chi connectivity index (χ1n) is 9.92. The standard InChI is InChI=1S/C23H20ClNO4/c24-16-5-3-13(4-6-16)19(26)12-29-18-9-7-17(8-10-18)25-22(27)20-14-1-2-15(11-14)21(20)23(25)28/h3-10,14-15,20-21H,1-2,11-12H2/t14-,15+,20-,21+. The minimum atomic E-state index is -0.154. The number of hydrogen-bond donors (Lipinski definition) is 0. The molecule has 148 valence electrons. The lowest BCUT2D eigenvalue weighted by atomic mass is 9.81. The molecule has 2 aromatic carbocycles. The average Bonchev–Trinajstić information content (AvgIpc) is 3.41. The molecule has 3 aliphatic rings. The summed E-state index contributed by atoms with van der Waals surface area (Å²) in [4.78, 5) is 39.3. The summed E-state index contributed by atoms with van der Waals surface area (Å²) in [6, 6.07) is 13.4. The first kappa shape index (κ1) is 18.4. The van der Waals surface area contributed by atoms with Crippen LogP contribution < -0.4 is 9.64 Å². The number of ether oxygens (including phenoxy) is 1. The lowest BCUT2D eigenvalue weighted by Crippen LogP contribution is -2.32. The lowest BCUT2D eigenvalue weighted by molar-refractivity contribution is -0.123. The number of hydrogen-bond acceptors (Lipinski definition) is 4. The van der Waals surface area contributed by atoms with Crippen LogP contribution in [0.1, 0.15) is 29.6 Å². The van der Waals surface area contributed by atoms with E-state index in [2.05, 4.69) is 0 Å². The Morgan fingerprint density at radius 2 is 1.52 bits per heavy atom. The molecule has 0 aromatic heterocycles. The molecule has 5 nitrogen and oxygen atoms in total. The molecule has 0 radical (unpaired) electrons. The normalized spacial score (nSPS) is 27.4. The Morgan fingerprint density at radius 1 is 0.931 bits per heavy atom. The van der Waals surface area contributed by atoms with Crippen LogP contribution in [0, 0.1) is 23.7 Å². The summed E-state index contributed by atoms with van der Waals surface area (Å²) >= 11 is 5.83. The number of carbonyl (C=O) groups excluding carboxylic acids is 3. The predicted octanol–water partition coefficient (Wildman–Crippen LogP) is 4.14. The highest BCUT2D eigenvalue weighted by molar-refractivity contribution is 6.30. The van der Waals surface area contributed by atoms with E-state index in [-0.39, 0.29) is 36.0 Å². The van der Waals surface area contributed by atoms with Crippen molar-refractivity contribution in [1.29, 1.82) is 0 Å². The van der Waals surface area contributed by atoms with Crippen molar-refractivity contribution < 1.29 is 19.1 Å². The summed E-state index contributed by atoms with van der Waals surface area (Å²) in [5, 5.41) is 0.571. The van der Waals surface area contributed by atoms with E-state index >= 15 is 0 Å². The van der Waals surface area contributed by atoms with Crippen LogP contribution >= 0.6 is 11.6 Å². The summed E-state index contributed by atoms with van der Waals surface area (Å²) < 4.78 is 5.57. The van der Waals surface area contributed by atoms with Crippen molar-refractivity contribution in [2.75, 3.05) is 11.5 Å². The summed E-state index contributed by atoms with van der Waals surface area (Å²) in [5.41, 5.74) is 1.10. The molecule has 0 spiro atoms. The molecule has 1 heterocycles. The molecule has 0 N–H and O–H groups in total. The van der Waals surface area contributed by atoms with Gasteiger partial charge in [-0.1, -0.05) is 11.6 Å². The zero-order valence-corrected chi connectivity index (χ0v) is 16.5. The Hall–Kier alpha value is -2.66. The van der Waals surface area contributed by atoms with Gasteiger partial charge in [-0.2, -0.15) is 0 Å². The molecule has 1 saturated heterocycles. The van der Waals surface area contributed by atoms with E-state index in [1.807, 2.05) is 0 Å². The molecule has 2 saturated carbocycles. The summed E-state index contributed by atoms with van der Waals surface area (Å²) in [5.74, 6) is 0.719. The Balaban J connectivity index is 1.26. The number of rotatable bonds is 5.